The lowest BCUT2D eigenvalue weighted by Crippen LogP contribution is -2.46. The number of hydrogen-bond acceptors (Lipinski definition) is 4. The minimum Gasteiger partial charge on any atom is -0.376 e. The van der Waals surface area contributed by atoms with Gasteiger partial charge in [-0.05, 0) is 25.7 Å². The molecule has 19 heavy (non-hydrogen) atoms. The summed E-state index contributed by atoms with van der Waals surface area (Å²) in [5.41, 5.74) is 0. The molecule has 4 nitrogen and oxygen atoms in total. The predicted octanol–water partition coefficient (Wildman–Crippen LogP) is 2.50. The third-order valence-corrected chi connectivity index (χ3v) is 4.92. The van der Waals surface area contributed by atoms with E-state index in [0.717, 1.165) is 12.3 Å². The molecule has 0 aromatic rings. The van der Waals surface area contributed by atoms with Crippen molar-refractivity contribution in [3.63, 3.8) is 0 Å². The molecule has 1 saturated carbocycles. The molecule has 0 spiro atoms. The first-order valence-corrected chi connectivity index (χ1v) is 7.73. The lowest BCUT2D eigenvalue weighted by molar-refractivity contribution is -0.209. The lowest BCUT2D eigenvalue weighted by Gasteiger charge is -2.36. The van der Waals surface area contributed by atoms with E-state index in [1.54, 1.807) is 7.11 Å². The van der Waals surface area contributed by atoms with Gasteiger partial charge in [-0.3, -0.25) is 0 Å². The molecule has 3 fully saturated rings. The second kappa shape index (κ2) is 6.08. The Kier molecular flexibility index (Phi) is 4.42. The summed E-state index contributed by atoms with van der Waals surface area (Å²) in [5, 5.41) is 0. The molecule has 0 radical (unpaired) electrons. The van der Waals surface area contributed by atoms with Crippen LogP contribution in [0.15, 0.2) is 0 Å². The topological polar surface area (TPSA) is 36.9 Å². The highest BCUT2D eigenvalue weighted by Crippen LogP contribution is 2.34. The molecule has 5 atom stereocenters. The molecule has 0 N–H and O–H groups in total. The molecule has 4 heteroatoms. The molecule has 2 bridgehead atoms. The Morgan fingerprint density at radius 1 is 1.11 bits per heavy atom. The minimum absolute atomic E-state index is 0.0160. The molecule has 3 aliphatic rings. The van der Waals surface area contributed by atoms with Crippen molar-refractivity contribution in [3.05, 3.63) is 0 Å². The summed E-state index contributed by atoms with van der Waals surface area (Å²) in [5.74, 6) is 0.717. The fourth-order valence-corrected chi connectivity index (χ4v) is 3.66. The van der Waals surface area contributed by atoms with Crippen LogP contribution >= 0.6 is 0 Å². The average Bonchev–Trinajstić information content (AvgIpc) is 2.88. The number of hydrogen-bond donors (Lipinski definition) is 0. The summed E-state index contributed by atoms with van der Waals surface area (Å²) in [6.07, 6.45) is 8.00. The maximum Gasteiger partial charge on any atom is 0.184 e. The van der Waals surface area contributed by atoms with Gasteiger partial charge in [0, 0.05) is 13.5 Å². The Bertz CT molecular complexity index is 290. The zero-order chi connectivity index (χ0) is 13.2. The minimum atomic E-state index is -0.181. The summed E-state index contributed by atoms with van der Waals surface area (Å²) in [7, 11) is 1.72. The van der Waals surface area contributed by atoms with Crippen molar-refractivity contribution in [1.82, 2.24) is 0 Å². The Balaban J connectivity index is 1.56. The van der Waals surface area contributed by atoms with E-state index in [9.17, 15) is 0 Å². The normalized spacial score (nSPS) is 41.4. The molecule has 0 aromatic heterocycles. The van der Waals surface area contributed by atoms with Gasteiger partial charge < -0.3 is 18.9 Å². The molecule has 110 valence electrons. The van der Waals surface area contributed by atoms with Crippen LogP contribution in [-0.2, 0) is 18.9 Å². The molecule has 2 saturated heterocycles. The molecule has 1 unspecified atom stereocenters. The fraction of sp³-hybridized carbons (Fsp3) is 1.00. The second-order valence-corrected chi connectivity index (χ2v) is 6.16. The van der Waals surface area contributed by atoms with Crippen LogP contribution in [0.4, 0.5) is 0 Å². The third kappa shape index (κ3) is 2.97. The van der Waals surface area contributed by atoms with Crippen molar-refractivity contribution in [2.24, 2.45) is 5.92 Å². The van der Waals surface area contributed by atoms with Gasteiger partial charge in [0.2, 0.25) is 0 Å². The van der Waals surface area contributed by atoms with Gasteiger partial charge in [-0.25, -0.2) is 0 Å². The van der Waals surface area contributed by atoms with E-state index < -0.39 is 0 Å². The number of fused-ring (bicyclic) bond motifs is 2. The highest BCUT2D eigenvalue weighted by molar-refractivity contribution is 4.88. The molecule has 3 rings (SSSR count). The summed E-state index contributed by atoms with van der Waals surface area (Å²) in [6, 6.07) is 0. The number of methoxy groups -OCH3 is 1. The monoisotopic (exact) mass is 270 g/mol. The zero-order valence-electron chi connectivity index (χ0n) is 12.0. The van der Waals surface area contributed by atoms with Gasteiger partial charge in [-0.15, -0.1) is 0 Å². The maximum atomic E-state index is 6.31. The molecule has 0 aromatic carbocycles. The Labute approximate surface area is 115 Å². The largest absolute Gasteiger partial charge is 0.376 e. The van der Waals surface area contributed by atoms with Crippen LogP contribution < -0.4 is 0 Å². The van der Waals surface area contributed by atoms with Crippen molar-refractivity contribution < 1.29 is 18.9 Å². The number of ether oxygens (including phenoxy) is 4. The highest BCUT2D eigenvalue weighted by atomic mass is 16.8. The van der Waals surface area contributed by atoms with Crippen molar-refractivity contribution in [1.29, 1.82) is 0 Å². The molecule has 1 aliphatic carbocycles. The van der Waals surface area contributed by atoms with Crippen LogP contribution in [0.25, 0.3) is 0 Å². The zero-order valence-corrected chi connectivity index (χ0v) is 12.0. The van der Waals surface area contributed by atoms with E-state index in [1.807, 2.05) is 0 Å². The van der Waals surface area contributed by atoms with E-state index in [0.29, 0.717) is 12.7 Å². The highest BCUT2D eigenvalue weighted by Gasteiger charge is 2.45. The van der Waals surface area contributed by atoms with E-state index in [4.69, 9.17) is 18.9 Å². The fourth-order valence-electron chi connectivity index (χ4n) is 3.66. The molecular formula is C15H26O4. The maximum absolute atomic E-state index is 6.31. The van der Waals surface area contributed by atoms with E-state index in [2.05, 4.69) is 6.92 Å². The van der Waals surface area contributed by atoms with Gasteiger partial charge in [0.25, 0.3) is 0 Å². The SMILES string of the molecule is CO[C@@H]1C[C@@H](OC(C)C2CCCCC2)[C@H]2CO[C@@H]1O2. The van der Waals surface area contributed by atoms with E-state index in [-0.39, 0.29) is 24.6 Å². The van der Waals surface area contributed by atoms with Crippen LogP contribution in [0.2, 0.25) is 0 Å². The van der Waals surface area contributed by atoms with Gasteiger partial charge in [-0.1, -0.05) is 19.3 Å². The van der Waals surface area contributed by atoms with Crippen LogP contribution in [0.5, 0.6) is 0 Å². The first-order chi connectivity index (χ1) is 9.28. The summed E-state index contributed by atoms with van der Waals surface area (Å²) >= 11 is 0. The third-order valence-electron chi connectivity index (χ3n) is 4.92. The second-order valence-electron chi connectivity index (χ2n) is 6.16. The van der Waals surface area contributed by atoms with E-state index in [1.165, 1.54) is 32.1 Å². The predicted molar refractivity (Wildman–Crippen MR) is 70.9 cm³/mol. The van der Waals surface area contributed by atoms with Crippen LogP contribution in [0, 0.1) is 5.92 Å². The van der Waals surface area contributed by atoms with Gasteiger partial charge in [0.15, 0.2) is 6.29 Å². The van der Waals surface area contributed by atoms with Gasteiger partial charge in [0.05, 0.1) is 18.8 Å². The lowest BCUT2D eigenvalue weighted by atomic mass is 9.85. The van der Waals surface area contributed by atoms with Crippen molar-refractivity contribution in [3.8, 4) is 0 Å². The molecule has 0 amide bonds. The van der Waals surface area contributed by atoms with Gasteiger partial charge in [-0.2, -0.15) is 0 Å². The summed E-state index contributed by atoms with van der Waals surface area (Å²) in [4.78, 5) is 0. The quantitative estimate of drug-likeness (QED) is 0.786. The average molecular weight is 270 g/mol. The van der Waals surface area contributed by atoms with Gasteiger partial charge >= 0.3 is 0 Å². The first kappa shape index (κ1) is 13.8. The standard InChI is InChI=1S/C15H26O4/c1-10(11-6-4-3-5-7-11)18-12-8-13(16-2)15-17-9-14(12)19-15/h10-15H,3-9H2,1-2H3/t10?,12-,13-,14-,15-/m1/s1. The van der Waals surface area contributed by atoms with Crippen LogP contribution in [-0.4, -0.2) is 44.4 Å². The Morgan fingerprint density at radius 2 is 1.89 bits per heavy atom. The van der Waals surface area contributed by atoms with Crippen molar-refractivity contribution in [2.45, 2.75) is 76.2 Å². The first-order valence-electron chi connectivity index (χ1n) is 7.73. The van der Waals surface area contributed by atoms with Gasteiger partial charge in [0.1, 0.15) is 12.2 Å². The Hall–Kier alpha value is -0.160. The molecular weight excluding hydrogens is 244 g/mol. The molecule has 2 heterocycles. The van der Waals surface area contributed by atoms with Crippen LogP contribution in [0.3, 0.4) is 0 Å². The van der Waals surface area contributed by atoms with E-state index >= 15 is 0 Å². The molecule has 2 aliphatic heterocycles. The summed E-state index contributed by atoms with van der Waals surface area (Å²) in [6.45, 7) is 2.87. The summed E-state index contributed by atoms with van der Waals surface area (Å²) < 4.78 is 23.2. The van der Waals surface area contributed by atoms with Crippen LogP contribution in [0.1, 0.15) is 45.4 Å². The smallest absolute Gasteiger partial charge is 0.184 e. The number of rotatable bonds is 4. The van der Waals surface area contributed by atoms with Crippen molar-refractivity contribution >= 4 is 0 Å². The Morgan fingerprint density at radius 3 is 2.63 bits per heavy atom. The van der Waals surface area contributed by atoms with Crippen molar-refractivity contribution in [2.75, 3.05) is 13.7 Å².